The van der Waals surface area contributed by atoms with Crippen LogP contribution in [0.15, 0.2) is 23.3 Å². The number of aryl methyl sites for hydroxylation is 1. The summed E-state index contributed by atoms with van der Waals surface area (Å²) in [6.45, 7) is 4.89. The molecule has 0 saturated carbocycles. The van der Waals surface area contributed by atoms with E-state index in [4.69, 9.17) is 11.6 Å². The summed E-state index contributed by atoms with van der Waals surface area (Å²) < 4.78 is 0.236. The Morgan fingerprint density at radius 1 is 1.19 bits per heavy atom. The van der Waals surface area contributed by atoms with Crippen LogP contribution < -0.4 is 4.90 Å². The molecule has 1 aromatic rings. The van der Waals surface area contributed by atoms with Crippen LogP contribution in [0, 0.1) is 6.92 Å². The van der Waals surface area contributed by atoms with Crippen LogP contribution in [-0.4, -0.2) is 36.0 Å². The zero-order valence-corrected chi connectivity index (χ0v) is 18.7. The first-order valence-corrected chi connectivity index (χ1v) is 13.1. The standard InChI is InChI=1S/C20H24BrClNO2P/c1-12-9-16(22)13(11-18(21)26(2,3)4)10-17(12)23-19(24)14-7-5-6-8-15(14)20(23)25/h9-10,18H,2,5-8,11H2,1,3-4H3. The molecule has 1 aliphatic heterocycles. The first-order valence-electron chi connectivity index (χ1n) is 8.83. The van der Waals surface area contributed by atoms with Crippen molar-refractivity contribution < 1.29 is 9.59 Å². The lowest BCUT2D eigenvalue weighted by molar-refractivity contribution is -0.120. The van der Waals surface area contributed by atoms with Crippen molar-refractivity contribution in [2.24, 2.45) is 0 Å². The number of anilines is 1. The van der Waals surface area contributed by atoms with Crippen molar-refractivity contribution in [2.45, 2.75) is 43.6 Å². The van der Waals surface area contributed by atoms with Crippen molar-refractivity contribution in [2.75, 3.05) is 18.2 Å². The summed E-state index contributed by atoms with van der Waals surface area (Å²) in [4.78, 5) is 27.1. The molecule has 1 atom stereocenters. The zero-order chi connectivity index (χ0) is 19.2. The predicted molar refractivity (Wildman–Crippen MR) is 116 cm³/mol. The van der Waals surface area contributed by atoms with Crippen molar-refractivity contribution in [3.05, 3.63) is 39.4 Å². The molecule has 0 radical (unpaired) electrons. The summed E-state index contributed by atoms with van der Waals surface area (Å²) in [5, 5.41) is 0.668. The summed E-state index contributed by atoms with van der Waals surface area (Å²) in [6.07, 6.45) is 8.37. The minimum atomic E-state index is -1.34. The summed E-state index contributed by atoms with van der Waals surface area (Å²) in [5.41, 5.74) is 3.86. The van der Waals surface area contributed by atoms with Crippen molar-refractivity contribution in [1.82, 2.24) is 0 Å². The first-order chi connectivity index (χ1) is 12.1. The van der Waals surface area contributed by atoms with Gasteiger partial charge in [-0.15, -0.1) is 13.2 Å². The van der Waals surface area contributed by atoms with Crippen molar-refractivity contribution in [3.63, 3.8) is 0 Å². The van der Waals surface area contributed by atoms with Crippen LogP contribution in [-0.2, 0) is 16.0 Å². The molecule has 0 N–H and O–H groups in total. The van der Waals surface area contributed by atoms with Gasteiger partial charge in [0.15, 0.2) is 0 Å². The number of benzene rings is 1. The van der Waals surface area contributed by atoms with E-state index in [2.05, 4.69) is 35.6 Å². The van der Waals surface area contributed by atoms with Gasteiger partial charge >= 0.3 is 0 Å². The van der Waals surface area contributed by atoms with Crippen molar-refractivity contribution >= 4 is 58.2 Å². The SMILES string of the molecule is C=P(C)(C)C(Br)Cc1cc(N2C(=O)C3=C(CCCC3)C2=O)c(C)cc1Cl. The molecule has 6 heteroatoms. The van der Waals surface area contributed by atoms with Gasteiger partial charge in [0.1, 0.15) is 0 Å². The number of rotatable bonds is 4. The molecule has 2 amide bonds. The van der Waals surface area contributed by atoms with Gasteiger partial charge in [0, 0.05) is 20.7 Å². The Morgan fingerprint density at radius 3 is 2.23 bits per heavy atom. The lowest BCUT2D eigenvalue weighted by atomic mass is 9.93. The number of carbonyl (C=O) groups excluding carboxylic acids is 2. The highest BCUT2D eigenvalue weighted by molar-refractivity contribution is 9.10. The number of hydrogen-bond acceptors (Lipinski definition) is 2. The summed E-state index contributed by atoms with van der Waals surface area (Å²) >= 11 is 10.2. The molecule has 3 nitrogen and oxygen atoms in total. The van der Waals surface area contributed by atoms with Crippen LogP contribution in [0.2, 0.25) is 5.02 Å². The van der Waals surface area contributed by atoms with Crippen LogP contribution >= 0.6 is 34.4 Å². The molecule has 1 heterocycles. The molecular formula is C20H24BrClNO2P. The number of alkyl halides is 1. The van der Waals surface area contributed by atoms with Gasteiger partial charge < -0.3 is 0 Å². The molecule has 0 aromatic heterocycles. The van der Waals surface area contributed by atoms with E-state index in [0.29, 0.717) is 34.7 Å². The molecule has 3 rings (SSSR count). The molecule has 140 valence electrons. The molecule has 1 aliphatic carbocycles. The van der Waals surface area contributed by atoms with Crippen LogP contribution in [0.25, 0.3) is 0 Å². The lowest BCUT2D eigenvalue weighted by Gasteiger charge is -2.23. The maximum Gasteiger partial charge on any atom is 0.261 e. The van der Waals surface area contributed by atoms with Gasteiger partial charge in [0.05, 0.1) is 5.69 Å². The van der Waals surface area contributed by atoms with E-state index < -0.39 is 6.89 Å². The molecule has 0 fully saturated rings. The number of imide groups is 1. The van der Waals surface area contributed by atoms with Crippen LogP contribution in [0.5, 0.6) is 0 Å². The van der Waals surface area contributed by atoms with Gasteiger partial charge in [-0.25, -0.2) is 4.90 Å². The monoisotopic (exact) mass is 455 g/mol. The first kappa shape index (κ1) is 19.9. The molecular weight excluding hydrogens is 433 g/mol. The summed E-state index contributed by atoms with van der Waals surface area (Å²) in [6, 6.07) is 3.77. The minimum Gasteiger partial charge on any atom is -0.269 e. The van der Waals surface area contributed by atoms with E-state index in [1.54, 1.807) is 0 Å². The second kappa shape index (κ2) is 7.30. The quantitative estimate of drug-likeness (QED) is 0.347. The van der Waals surface area contributed by atoms with Gasteiger partial charge in [-0.1, -0.05) is 27.5 Å². The topological polar surface area (TPSA) is 37.4 Å². The molecule has 0 bridgehead atoms. The van der Waals surface area contributed by atoms with E-state index in [-0.39, 0.29) is 16.4 Å². The van der Waals surface area contributed by atoms with Crippen LogP contribution in [0.3, 0.4) is 0 Å². The molecule has 1 unspecified atom stereocenters. The Morgan fingerprint density at radius 2 is 1.73 bits per heavy atom. The van der Waals surface area contributed by atoms with Crippen molar-refractivity contribution in [1.29, 1.82) is 0 Å². The third-order valence-corrected chi connectivity index (χ3v) is 10.8. The predicted octanol–water partition coefficient (Wildman–Crippen LogP) is 5.36. The highest BCUT2D eigenvalue weighted by Gasteiger charge is 2.40. The Labute approximate surface area is 168 Å². The van der Waals surface area contributed by atoms with Crippen molar-refractivity contribution in [3.8, 4) is 0 Å². The molecule has 0 saturated heterocycles. The Balaban J connectivity index is 1.99. The van der Waals surface area contributed by atoms with Gasteiger partial charge in [0.2, 0.25) is 0 Å². The lowest BCUT2D eigenvalue weighted by Crippen LogP contribution is -2.32. The van der Waals surface area contributed by atoms with Gasteiger partial charge in [0.25, 0.3) is 11.8 Å². The Hall–Kier alpha value is -0.830. The van der Waals surface area contributed by atoms with Gasteiger partial charge in [-0.3, -0.25) is 9.59 Å². The molecule has 2 aliphatic rings. The second-order valence-electron chi connectivity index (χ2n) is 7.76. The van der Waals surface area contributed by atoms with Gasteiger partial charge in [-0.2, -0.15) is 0 Å². The van der Waals surface area contributed by atoms with Crippen LogP contribution in [0.1, 0.15) is 36.8 Å². The fourth-order valence-corrected chi connectivity index (χ4v) is 4.82. The average molecular weight is 457 g/mol. The average Bonchev–Trinajstić information content (AvgIpc) is 2.81. The molecule has 26 heavy (non-hydrogen) atoms. The van der Waals surface area contributed by atoms with E-state index >= 15 is 0 Å². The van der Waals surface area contributed by atoms with E-state index in [0.717, 1.165) is 30.4 Å². The van der Waals surface area contributed by atoms with E-state index in [9.17, 15) is 9.59 Å². The Kier molecular flexibility index (Phi) is 5.59. The third kappa shape index (κ3) is 3.61. The number of amides is 2. The van der Waals surface area contributed by atoms with Gasteiger partial charge in [-0.05, 0) is 75.6 Å². The maximum atomic E-state index is 12.9. The highest BCUT2D eigenvalue weighted by Crippen LogP contribution is 2.48. The second-order valence-corrected chi connectivity index (χ2v) is 14.2. The number of halogens is 2. The third-order valence-electron chi connectivity index (χ3n) is 5.14. The fourth-order valence-electron chi connectivity index (χ4n) is 3.49. The van der Waals surface area contributed by atoms with Crippen LogP contribution in [0.4, 0.5) is 5.69 Å². The smallest absolute Gasteiger partial charge is 0.261 e. The van der Waals surface area contributed by atoms with E-state index in [1.807, 2.05) is 19.1 Å². The number of carbonyl (C=O) groups is 2. The summed E-state index contributed by atoms with van der Waals surface area (Å²) in [7, 11) is 0. The molecule has 1 aromatic carbocycles. The molecule has 0 spiro atoms. The number of nitrogens with zero attached hydrogens (tertiary/aromatic N) is 1. The highest BCUT2D eigenvalue weighted by atomic mass is 79.9. The number of hydrogen-bond donors (Lipinski definition) is 0. The maximum absolute atomic E-state index is 12.9. The normalized spacial score (nSPS) is 19.2. The fraction of sp³-hybridized carbons (Fsp3) is 0.450. The Bertz CT molecular complexity index is 843. The zero-order valence-electron chi connectivity index (χ0n) is 15.4. The van der Waals surface area contributed by atoms with E-state index in [1.165, 1.54) is 4.90 Å². The minimum absolute atomic E-state index is 0.151. The largest absolute Gasteiger partial charge is 0.269 e. The summed E-state index contributed by atoms with van der Waals surface area (Å²) in [5.74, 6) is -0.303.